The average molecular weight is 426 g/mol. The van der Waals surface area contributed by atoms with Gasteiger partial charge in [0.15, 0.2) is 5.82 Å². The second kappa shape index (κ2) is 7.52. The zero-order chi connectivity index (χ0) is 21.8. The number of imidazole rings is 1. The summed E-state index contributed by atoms with van der Waals surface area (Å²) in [4.78, 5) is 7.58. The van der Waals surface area contributed by atoms with Gasteiger partial charge in [-0.05, 0) is 68.0 Å². The molecular formula is C27H31N5. The summed E-state index contributed by atoms with van der Waals surface area (Å²) in [6.45, 7) is 10.5. The lowest BCUT2D eigenvalue weighted by Crippen LogP contribution is -2.41. The molecule has 0 saturated carbocycles. The summed E-state index contributed by atoms with van der Waals surface area (Å²) in [5, 5.41) is 1.27. The van der Waals surface area contributed by atoms with Crippen molar-refractivity contribution in [3.8, 4) is 11.5 Å². The first-order valence-electron chi connectivity index (χ1n) is 12.0. The first kappa shape index (κ1) is 19.6. The Kier molecular flexibility index (Phi) is 4.61. The number of likely N-dealkylation sites (tertiary alicyclic amines) is 1. The Morgan fingerprint density at radius 1 is 1.16 bits per heavy atom. The molecule has 5 nitrogen and oxygen atoms in total. The predicted octanol–water partition coefficient (Wildman–Crippen LogP) is 5.02. The van der Waals surface area contributed by atoms with Crippen LogP contribution in [-0.4, -0.2) is 38.1 Å². The predicted molar refractivity (Wildman–Crippen MR) is 132 cm³/mol. The van der Waals surface area contributed by atoms with Crippen LogP contribution in [0.2, 0.25) is 0 Å². The number of benzene rings is 2. The van der Waals surface area contributed by atoms with E-state index in [0.717, 1.165) is 68.9 Å². The van der Waals surface area contributed by atoms with Crippen molar-refractivity contribution in [1.29, 1.82) is 0 Å². The fourth-order valence-corrected chi connectivity index (χ4v) is 5.73. The summed E-state index contributed by atoms with van der Waals surface area (Å²) in [6, 6.07) is 15.8. The van der Waals surface area contributed by atoms with Gasteiger partial charge in [0.25, 0.3) is 0 Å². The quantitative estimate of drug-likeness (QED) is 0.500. The molecule has 2 N–H and O–H groups in total. The molecule has 1 atom stereocenters. The highest BCUT2D eigenvalue weighted by Crippen LogP contribution is 2.36. The molecule has 4 heterocycles. The van der Waals surface area contributed by atoms with Crippen LogP contribution < -0.4 is 5.73 Å². The fourth-order valence-electron chi connectivity index (χ4n) is 5.73. The number of fused-ring (bicyclic) bond motifs is 1. The highest BCUT2D eigenvalue weighted by molar-refractivity contribution is 5.90. The molecule has 0 radical (unpaired) electrons. The van der Waals surface area contributed by atoms with Crippen LogP contribution in [0.4, 0.5) is 0 Å². The number of hydrogen-bond donors (Lipinski definition) is 1. The summed E-state index contributed by atoms with van der Waals surface area (Å²) in [6.07, 6.45) is 4.48. The molecule has 5 heteroatoms. The van der Waals surface area contributed by atoms with Gasteiger partial charge in [-0.1, -0.05) is 24.8 Å². The Hall–Kier alpha value is -3.05. The minimum atomic E-state index is 0.240. The Labute approximate surface area is 189 Å². The van der Waals surface area contributed by atoms with E-state index in [2.05, 4.69) is 70.0 Å². The van der Waals surface area contributed by atoms with Gasteiger partial charge in [-0.2, -0.15) is 0 Å². The smallest absolute Gasteiger partial charge is 0.157 e. The van der Waals surface area contributed by atoms with Gasteiger partial charge in [0.05, 0.1) is 16.7 Å². The second-order valence-corrected chi connectivity index (χ2v) is 9.32. The molecule has 0 amide bonds. The van der Waals surface area contributed by atoms with E-state index in [-0.39, 0.29) is 6.04 Å². The highest BCUT2D eigenvalue weighted by atomic mass is 15.2. The normalized spacial score (nSPS) is 18.6. The van der Waals surface area contributed by atoms with Crippen molar-refractivity contribution in [1.82, 2.24) is 19.0 Å². The topological polar surface area (TPSA) is 52.0 Å². The first-order valence-corrected chi connectivity index (χ1v) is 12.0. The minimum absolute atomic E-state index is 0.240. The minimum Gasteiger partial charge on any atom is -0.370 e. The van der Waals surface area contributed by atoms with E-state index in [1.54, 1.807) is 0 Å². The summed E-state index contributed by atoms with van der Waals surface area (Å²) in [5.41, 5.74) is 14.8. The van der Waals surface area contributed by atoms with Crippen molar-refractivity contribution < 1.29 is 0 Å². The lowest BCUT2D eigenvalue weighted by molar-refractivity contribution is 0.296. The maximum atomic E-state index is 6.24. The van der Waals surface area contributed by atoms with E-state index in [9.17, 15) is 0 Å². The lowest BCUT2D eigenvalue weighted by Gasteiger charge is -2.34. The molecule has 2 aliphatic heterocycles. The highest BCUT2D eigenvalue weighted by Gasteiger charge is 2.24. The van der Waals surface area contributed by atoms with E-state index in [0.29, 0.717) is 0 Å². The van der Waals surface area contributed by atoms with Gasteiger partial charge in [-0.15, -0.1) is 0 Å². The Bertz CT molecular complexity index is 1340. The second-order valence-electron chi connectivity index (χ2n) is 9.32. The van der Waals surface area contributed by atoms with Crippen LogP contribution in [0.5, 0.6) is 0 Å². The van der Waals surface area contributed by atoms with E-state index < -0.39 is 0 Å². The summed E-state index contributed by atoms with van der Waals surface area (Å²) in [7, 11) is 0. The fraction of sp³-hybridized carbons (Fsp3) is 0.370. The Morgan fingerprint density at radius 3 is 2.88 bits per heavy atom. The number of piperidine rings is 1. The van der Waals surface area contributed by atoms with Crippen molar-refractivity contribution in [3.05, 3.63) is 60.2 Å². The SMILES string of the molecule is C=C(c1cc2c3c(c1)nc(-c1cc4ccccc4n1CC)n3CCC2)N1CCCC(N)C1. The zero-order valence-electron chi connectivity index (χ0n) is 18.8. The average Bonchev–Trinajstić information content (AvgIpc) is 3.37. The molecule has 164 valence electrons. The molecule has 2 aliphatic rings. The lowest BCUT2D eigenvalue weighted by atomic mass is 9.98. The van der Waals surface area contributed by atoms with Crippen molar-refractivity contribution in [2.75, 3.05) is 13.1 Å². The van der Waals surface area contributed by atoms with Crippen LogP contribution >= 0.6 is 0 Å². The molecule has 6 rings (SSSR count). The maximum absolute atomic E-state index is 6.24. The van der Waals surface area contributed by atoms with Crippen LogP contribution in [-0.2, 0) is 19.5 Å². The van der Waals surface area contributed by atoms with Crippen LogP contribution in [0.1, 0.15) is 37.3 Å². The van der Waals surface area contributed by atoms with Gasteiger partial charge in [0.1, 0.15) is 0 Å². The molecule has 1 fully saturated rings. The number of para-hydroxylation sites is 1. The van der Waals surface area contributed by atoms with Crippen LogP contribution in [0.25, 0.3) is 39.2 Å². The van der Waals surface area contributed by atoms with Gasteiger partial charge in [-0.3, -0.25) is 0 Å². The third-order valence-corrected chi connectivity index (χ3v) is 7.28. The molecule has 0 bridgehead atoms. The molecule has 1 saturated heterocycles. The molecule has 2 aromatic carbocycles. The zero-order valence-corrected chi connectivity index (χ0v) is 18.8. The van der Waals surface area contributed by atoms with Gasteiger partial charge in [0.2, 0.25) is 0 Å². The number of nitrogens with two attached hydrogens (primary N) is 1. The third-order valence-electron chi connectivity index (χ3n) is 7.28. The summed E-state index contributed by atoms with van der Waals surface area (Å²) < 4.78 is 4.83. The van der Waals surface area contributed by atoms with Crippen molar-refractivity contribution in [2.45, 2.75) is 51.7 Å². The number of rotatable bonds is 4. The summed E-state index contributed by atoms with van der Waals surface area (Å²) in [5.74, 6) is 1.08. The van der Waals surface area contributed by atoms with E-state index in [1.165, 1.54) is 33.2 Å². The van der Waals surface area contributed by atoms with Gasteiger partial charge >= 0.3 is 0 Å². The monoisotopic (exact) mass is 425 g/mol. The maximum Gasteiger partial charge on any atom is 0.157 e. The molecular weight excluding hydrogens is 394 g/mol. The van der Waals surface area contributed by atoms with Gasteiger partial charge < -0.3 is 19.8 Å². The van der Waals surface area contributed by atoms with Crippen molar-refractivity contribution in [3.63, 3.8) is 0 Å². The Balaban J connectivity index is 1.50. The first-order chi connectivity index (χ1) is 15.6. The molecule has 4 aromatic rings. The molecule has 0 spiro atoms. The van der Waals surface area contributed by atoms with Crippen LogP contribution in [0, 0.1) is 0 Å². The third kappa shape index (κ3) is 2.99. The number of aromatic nitrogens is 3. The van der Waals surface area contributed by atoms with Gasteiger partial charge in [0, 0.05) is 48.8 Å². The van der Waals surface area contributed by atoms with E-state index >= 15 is 0 Å². The van der Waals surface area contributed by atoms with E-state index in [4.69, 9.17) is 10.7 Å². The van der Waals surface area contributed by atoms with E-state index in [1.807, 2.05) is 0 Å². The van der Waals surface area contributed by atoms with Crippen LogP contribution in [0.15, 0.2) is 49.0 Å². The number of aryl methyl sites for hydroxylation is 3. The molecule has 32 heavy (non-hydrogen) atoms. The number of nitrogens with zero attached hydrogens (tertiary/aromatic N) is 4. The standard InChI is InChI=1S/C27H31N5/c1-3-31-24-11-5-4-8-19(24)16-25(31)27-29-23-15-21(14-20-9-6-13-32(27)26(20)23)18(2)30-12-7-10-22(28)17-30/h4-5,8,11,14-16,22H,2-3,6-7,9-10,12-13,17,28H2,1H3. The largest absolute Gasteiger partial charge is 0.370 e. The summed E-state index contributed by atoms with van der Waals surface area (Å²) >= 11 is 0. The van der Waals surface area contributed by atoms with Crippen molar-refractivity contribution in [2.24, 2.45) is 5.73 Å². The molecule has 1 unspecified atom stereocenters. The van der Waals surface area contributed by atoms with Crippen LogP contribution in [0.3, 0.4) is 0 Å². The van der Waals surface area contributed by atoms with Crippen molar-refractivity contribution >= 4 is 27.6 Å². The Morgan fingerprint density at radius 2 is 2.03 bits per heavy atom. The molecule has 2 aromatic heterocycles. The molecule has 0 aliphatic carbocycles. The van der Waals surface area contributed by atoms with Gasteiger partial charge in [-0.25, -0.2) is 4.98 Å². The number of hydrogen-bond acceptors (Lipinski definition) is 3.